The number of nitrogens with two attached hydrogens (primary N) is 1. The van der Waals surface area contributed by atoms with Crippen LogP contribution in [0.5, 0.6) is 0 Å². The summed E-state index contributed by atoms with van der Waals surface area (Å²) >= 11 is 0. The summed E-state index contributed by atoms with van der Waals surface area (Å²) in [5.74, 6) is -2.13. The topological polar surface area (TPSA) is 92.4 Å². The van der Waals surface area contributed by atoms with Gasteiger partial charge in [-0.1, -0.05) is 12.8 Å². The van der Waals surface area contributed by atoms with Crippen molar-refractivity contribution in [2.45, 2.75) is 32.1 Å². The summed E-state index contributed by atoms with van der Waals surface area (Å²) in [7, 11) is 0. The van der Waals surface area contributed by atoms with Crippen molar-refractivity contribution in [2.75, 3.05) is 11.9 Å². The van der Waals surface area contributed by atoms with Crippen LogP contribution in [-0.4, -0.2) is 23.5 Å². The lowest BCUT2D eigenvalue weighted by Gasteiger charge is -2.07. The highest BCUT2D eigenvalue weighted by atomic mass is 19.1. The number of carbonyl (C=O) groups is 2. The van der Waals surface area contributed by atoms with Crippen LogP contribution in [-0.2, 0) is 4.79 Å². The summed E-state index contributed by atoms with van der Waals surface area (Å²) in [6, 6.07) is 3.30. The van der Waals surface area contributed by atoms with Gasteiger partial charge in [0.25, 0.3) is 0 Å². The Morgan fingerprint density at radius 2 is 1.90 bits per heavy atom. The molecule has 0 heterocycles. The Labute approximate surface area is 117 Å². The van der Waals surface area contributed by atoms with Gasteiger partial charge in [0.05, 0.1) is 11.3 Å². The smallest absolute Gasteiger partial charge is 0.335 e. The third-order valence-corrected chi connectivity index (χ3v) is 2.85. The van der Waals surface area contributed by atoms with Gasteiger partial charge >= 0.3 is 5.97 Å². The monoisotopic (exact) mass is 282 g/mol. The highest BCUT2D eigenvalue weighted by Gasteiger charge is 2.10. The third-order valence-electron chi connectivity index (χ3n) is 2.85. The van der Waals surface area contributed by atoms with Gasteiger partial charge in [-0.25, -0.2) is 9.18 Å². The predicted octanol–water partition coefficient (Wildman–Crippen LogP) is 2.37. The summed E-state index contributed by atoms with van der Waals surface area (Å²) < 4.78 is 13.5. The molecule has 1 aromatic rings. The second-order valence-electron chi connectivity index (χ2n) is 4.50. The number of rotatable bonds is 8. The van der Waals surface area contributed by atoms with E-state index in [0.29, 0.717) is 13.0 Å². The number of benzene rings is 1. The minimum Gasteiger partial charge on any atom is -0.478 e. The van der Waals surface area contributed by atoms with E-state index in [1.807, 2.05) is 0 Å². The molecule has 1 amide bonds. The summed E-state index contributed by atoms with van der Waals surface area (Å²) in [6.45, 7) is 0.638. The molecule has 6 heteroatoms. The Morgan fingerprint density at radius 3 is 2.55 bits per heavy atom. The lowest BCUT2D eigenvalue weighted by molar-refractivity contribution is -0.116. The number of halogens is 1. The van der Waals surface area contributed by atoms with Crippen LogP contribution >= 0.6 is 0 Å². The lowest BCUT2D eigenvalue weighted by Crippen LogP contribution is -2.13. The molecule has 1 rings (SSSR count). The van der Waals surface area contributed by atoms with Gasteiger partial charge in [-0.2, -0.15) is 0 Å². The fraction of sp³-hybridized carbons (Fsp3) is 0.429. The van der Waals surface area contributed by atoms with Crippen molar-refractivity contribution in [2.24, 2.45) is 5.73 Å². The second-order valence-corrected chi connectivity index (χ2v) is 4.50. The van der Waals surface area contributed by atoms with Crippen LogP contribution in [0, 0.1) is 5.82 Å². The van der Waals surface area contributed by atoms with Gasteiger partial charge in [0, 0.05) is 6.42 Å². The van der Waals surface area contributed by atoms with E-state index >= 15 is 0 Å². The summed E-state index contributed by atoms with van der Waals surface area (Å²) in [5.41, 5.74) is 5.19. The Hall–Kier alpha value is -1.95. The van der Waals surface area contributed by atoms with Crippen LogP contribution in [0.1, 0.15) is 42.5 Å². The first-order chi connectivity index (χ1) is 9.54. The van der Waals surface area contributed by atoms with Crippen molar-refractivity contribution in [1.29, 1.82) is 0 Å². The number of carboxylic acid groups (broad SMARTS) is 1. The molecule has 110 valence electrons. The largest absolute Gasteiger partial charge is 0.478 e. The molecule has 0 saturated carbocycles. The van der Waals surface area contributed by atoms with E-state index in [9.17, 15) is 14.0 Å². The van der Waals surface area contributed by atoms with Gasteiger partial charge in [-0.3, -0.25) is 4.79 Å². The SMILES string of the molecule is NCCCCCCC(=O)Nc1cc(C(=O)O)ccc1F. The molecule has 0 fully saturated rings. The fourth-order valence-electron chi connectivity index (χ4n) is 1.75. The first-order valence-corrected chi connectivity index (χ1v) is 6.57. The van der Waals surface area contributed by atoms with E-state index in [2.05, 4.69) is 5.32 Å². The van der Waals surface area contributed by atoms with Crippen LogP contribution in [0.15, 0.2) is 18.2 Å². The second kappa shape index (κ2) is 8.27. The quantitative estimate of drug-likeness (QED) is 0.638. The van der Waals surface area contributed by atoms with Gasteiger partial charge in [0.15, 0.2) is 0 Å². The van der Waals surface area contributed by atoms with Crippen molar-refractivity contribution in [1.82, 2.24) is 0 Å². The first-order valence-electron chi connectivity index (χ1n) is 6.57. The maximum Gasteiger partial charge on any atom is 0.335 e. The number of carbonyl (C=O) groups excluding carboxylic acids is 1. The average Bonchev–Trinajstić information content (AvgIpc) is 2.40. The third kappa shape index (κ3) is 5.36. The number of carboxylic acids is 1. The minimum absolute atomic E-state index is 0.0651. The maximum absolute atomic E-state index is 13.5. The van der Waals surface area contributed by atoms with Crippen molar-refractivity contribution >= 4 is 17.6 Å². The zero-order chi connectivity index (χ0) is 15.0. The van der Waals surface area contributed by atoms with Crippen molar-refractivity contribution in [3.8, 4) is 0 Å². The molecule has 0 radical (unpaired) electrons. The average molecular weight is 282 g/mol. The van der Waals surface area contributed by atoms with Crippen LogP contribution in [0.4, 0.5) is 10.1 Å². The maximum atomic E-state index is 13.5. The van der Waals surface area contributed by atoms with Crippen molar-refractivity contribution in [3.63, 3.8) is 0 Å². The Kier molecular flexibility index (Phi) is 6.66. The number of hydrogen-bond donors (Lipinski definition) is 3. The summed E-state index contributed by atoms with van der Waals surface area (Å²) in [6.07, 6.45) is 3.76. The number of hydrogen-bond acceptors (Lipinski definition) is 3. The molecule has 0 aliphatic rings. The van der Waals surface area contributed by atoms with E-state index in [1.165, 1.54) is 0 Å². The normalized spacial score (nSPS) is 10.3. The van der Waals surface area contributed by atoms with Gasteiger partial charge < -0.3 is 16.2 Å². The van der Waals surface area contributed by atoms with E-state index < -0.39 is 11.8 Å². The molecule has 5 nitrogen and oxygen atoms in total. The van der Waals surface area contributed by atoms with Crippen molar-refractivity contribution in [3.05, 3.63) is 29.6 Å². The van der Waals surface area contributed by atoms with Crippen LogP contribution in [0.3, 0.4) is 0 Å². The Balaban J connectivity index is 2.49. The van der Waals surface area contributed by atoms with Gasteiger partial charge in [0.1, 0.15) is 5.82 Å². The van der Waals surface area contributed by atoms with Crippen LogP contribution < -0.4 is 11.1 Å². The van der Waals surface area contributed by atoms with E-state index in [-0.39, 0.29) is 23.6 Å². The number of anilines is 1. The standard InChI is InChI=1S/C14H19FN2O3/c15-11-7-6-10(14(19)20)9-12(11)17-13(18)5-3-1-2-4-8-16/h6-7,9H,1-5,8,16H2,(H,17,18)(H,19,20). The molecule has 20 heavy (non-hydrogen) atoms. The molecule has 0 aromatic heterocycles. The number of nitrogens with one attached hydrogen (secondary N) is 1. The van der Waals surface area contributed by atoms with Gasteiger partial charge in [-0.05, 0) is 37.6 Å². The predicted molar refractivity (Wildman–Crippen MR) is 74.1 cm³/mol. The molecule has 0 spiro atoms. The molecule has 4 N–H and O–H groups in total. The molecule has 0 aliphatic carbocycles. The molecule has 0 saturated heterocycles. The van der Waals surface area contributed by atoms with E-state index in [1.54, 1.807) is 0 Å². The van der Waals surface area contributed by atoms with Gasteiger partial charge in [-0.15, -0.1) is 0 Å². The summed E-state index contributed by atoms with van der Waals surface area (Å²) in [4.78, 5) is 22.4. The molecular weight excluding hydrogens is 263 g/mol. The van der Waals surface area contributed by atoms with E-state index in [4.69, 9.17) is 10.8 Å². The number of unbranched alkanes of at least 4 members (excludes halogenated alkanes) is 3. The van der Waals surface area contributed by atoms with Crippen LogP contribution in [0.25, 0.3) is 0 Å². The molecule has 0 aliphatic heterocycles. The Morgan fingerprint density at radius 1 is 1.20 bits per heavy atom. The minimum atomic E-state index is -1.16. The molecule has 1 aromatic carbocycles. The molecule has 0 bridgehead atoms. The molecule has 0 unspecified atom stereocenters. The van der Waals surface area contributed by atoms with E-state index in [0.717, 1.165) is 37.5 Å². The number of amides is 1. The van der Waals surface area contributed by atoms with Crippen LogP contribution in [0.2, 0.25) is 0 Å². The van der Waals surface area contributed by atoms with Crippen molar-refractivity contribution < 1.29 is 19.1 Å². The first kappa shape index (κ1) is 16.1. The number of aromatic carboxylic acids is 1. The molecule has 0 atom stereocenters. The summed E-state index contributed by atoms with van der Waals surface area (Å²) in [5, 5.41) is 11.2. The molecular formula is C14H19FN2O3. The fourth-order valence-corrected chi connectivity index (χ4v) is 1.75. The lowest BCUT2D eigenvalue weighted by atomic mass is 10.1. The highest BCUT2D eigenvalue weighted by Crippen LogP contribution is 2.17. The highest BCUT2D eigenvalue weighted by molar-refractivity contribution is 5.94. The zero-order valence-corrected chi connectivity index (χ0v) is 11.2. The Bertz CT molecular complexity index is 477. The zero-order valence-electron chi connectivity index (χ0n) is 11.2. The van der Waals surface area contributed by atoms with Gasteiger partial charge in [0.2, 0.25) is 5.91 Å².